The van der Waals surface area contributed by atoms with Crippen LogP contribution in [0.25, 0.3) is 0 Å². The summed E-state index contributed by atoms with van der Waals surface area (Å²) in [5, 5.41) is 10.2. The molecule has 0 aliphatic rings. The number of hydrogen-bond donors (Lipinski definition) is 2. The Balaban J connectivity index is 2.16. The lowest BCUT2D eigenvalue weighted by Gasteiger charge is -2.21. The van der Waals surface area contributed by atoms with Crippen molar-refractivity contribution in [1.29, 1.82) is 0 Å². The van der Waals surface area contributed by atoms with Crippen molar-refractivity contribution in [3.05, 3.63) is 18.0 Å². The Hall–Kier alpha value is -1.56. The third-order valence-corrected chi connectivity index (χ3v) is 2.75. The first-order valence-corrected chi connectivity index (χ1v) is 6.95. The molecule has 0 aliphatic carbocycles. The second-order valence-electron chi connectivity index (χ2n) is 5.93. The van der Waals surface area contributed by atoms with E-state index < -0.39 is 5.60 Å². The number of alkyl carbamates (subject to hydrolysis) is 1. The molecule has 0 saturated carbocycles. The number of carbonyl (C=O) groups is 1. The molecule has 20 heavy (non-hydrogen) atoms. The quantitative estimate of drug-likeness (QED) is 0.829. The first-order valence-electron chi connectivity index (χ1n) is 6.95. The molecule has 1 aromatic rings. The summed E-state index contributed by atoms with van der Waals surface area (Å²) in [6.45, 7) is 8.96. The summed E-state index contributed by atoms with van der Waals surface area (Å²) in [5.74, 6) is 0. The van der Waals surface area contributed by atoms with Gasteiger partial charge in [0.05, 0.1) is 0 Å². The van der Waals surface area contributed by atoms with E-state index in [1.165, 1.54) is 5.69 Å². The molecule has 1 amide bonds. The van der Waals surface area contributed by atoms with Crippen LogP contribution in [-0.4, -0.2) is 40.6 Å². The number of carbonyl (C=O) groups excluding carboxylic acids is 1. The zero-order valence-corrected chi connectivity index (χ0v) is 13.1. The molecule has 0 fully saturated rings. The first-order chi connectivity index (χ1) is 9.28. The van der Waals surface area contributed by atoms with E-state index in [1.54, 1.807) is 6.20 Å². The van der Waals surface area contributed by atoms with Gasteiger partial charge in [0.2, 0.25) is 0 Å². The van der Waals surface area contributed by atoms with Gasteiger partial charge < -0.3 is 15.4 Å². The van der Waals surface area contributed by atoms with Crippen LogP contribution >= 0.6 is 0 Å². The summed E-state index contributed by atoms with van der Waals surface area (Å²) in [6.07, 6.45) is 2.33. The summed E-state index contributed by atoms with van der Waals surface area (Å²) in [4.78, 5) is 11.5. The molecule has 1 aromatic heterocycles. The van der Waals surface area contributed by atoms with E-state index in [1.807, 2.05) is 45.5 Å². The monoisotopic (exact) mass is 282 g/mol. The van der Waals surface area contributed by atoms with E-state index in [0.717, 1.165) is 13.0 Å². The van der Waals surface area contributed by atoms with Gasteiger partial charge in [-0.05, 0) is 33.8 Å². The summed E-state index contributed by atoms with van der Waals surface area (Å²) in [6, 6.07) is 2.20. The zero-order chi connectivity index (χ0) is 15.2. The highest BCUT2D eigenvalue weighted by Crippen LogP contribution is 2.06. The third-order valence-electron chi connectivity index (χ3n) is 2.75. The lowest BCUT2D eigenvalue weighted by Crippen LogP contribution is -2.41. The zero-order valence-electron chi connectivity index (χ0n) is 13.1. The molecule has 1 heterocycles. The van der Waals surface area contributed by atoms with Gasteiger partial charge in [0, 0.05) is 44.5 Å². The number of nitrogens with one attached hydrogen (secondary N) is 2. The fourth-order valence-electron chi connectivity index (χ4n) is 1.72. The average Bonchev–Trinajstić information content (AvgIpc) is 2.70. The number of aryl methyl sites for hydroxylation is 1. The number of rotatable bonds is 6. The van der Waals surface area contributed by atoms with E-state index in [4.69, 9.17) is 4.74 Å². The van der Waals surface area contributed by atoms with Gasteiger partial charge in [0.25, 0.3) is 0 Å². The van der Waals surface area contributed by atoms with Crippen LogP contribution in [0.3, 0.4) is 0 Å². The van der Waals surface area contributed by atoms with Crippen molar-refractivity contribution in [1.82, 2.24) is 20.4 Å². The fourth-order valence-corrected chi connectivity index (χ4v) is 1.72. The number of aromatic nitrogens is 2. The Morgan fingerprint density at radius 3 is 2.75 bits per heavy atom. The van der Waals surface area contributed by atoms with Gasteiger partial charge >= 0.3 is 6.09 Å². The minimum absolute atomic E-state index is 0.191. The van der Waals surface area contributed by atoms with Crippen LogP contribution in [0.5, 0.6) is 0 Å². The minimum atomic E-state index is -0.458. The first kappa shape index (κ1) is 16.5. The smallest absolute Gasteiger partial charge is 0.407 e. The Morgan fingerprint density at radius 2 is 2.20 bits per heavy atom. The maximum atomic E-state index is 11.5. The standard InChI is InChI=1S/C14H26N4O2/c1-11(10-16-13(19)20-14(2,3)4)15-8-6-12-7-9-17-18(12)5/h7,9,11,15H,6,8,10H2,1-5H3,(H,16,19). The number of hydrogen-bond acceptors (Lipinski definition) is 4. The van der Waals surface area contributed by atoms with Crippen molar-refractivity contribution in [2.45, 2.75) is 45.8 Å². The second-order valence-corrected chi connectivity index (χ2v) is 5.93. The van der Waals surface area contributed by atoms with Crippen molar-refractivity contribution in [2.75, 3.05) is 13.1 Å². The minimum Gasteiger partial charge on any atom is -0.444 e. The summed E-state index contributed by atoms with van der Waals surface area (Å²) >= 11 is 0. The molecule has 0 bridgehead atoms. The highest BCUT2D eigenvalue weighted by atomic mass is 16.6. The van der Waals surface area contributed by atoms with Crippen LogP contribution in [0.1, 0.15) is 33.4 Å². The lowest BCUT2D eigenvalue weighted by atomic mass is 10.2. The molecule has 2 N–H and O–H groups in total. The Labute approximate surface area is 120 Å². The fraction of sp³-hybridized carbons (Fsp3) is 0.714. The molecule has 6 heteroatoms. The van der Waals surface area contributed by atoms with Crippen LogP contribution in [0, 0.1) is 0 Å². The predicted molar refractivity (Wildman–Crippen MR) is 78.6 cm³/mol. The number of nitrogens with zero attached hydrogens (tertiary/aromatic N) is 2. The maximum Gasteiger partial charge on any atom is 0.407 e. The highest BCUT2D eigenvalue weighted by molar-refractivity contribution is 5.67. The Morgan fingerprint density at radius 1 is 1.50 bits per heavy atom. The molecular weight excluding hydrogens is 256 g/mol. The van der Waals surface area contributed by atoms with Crippen molar-refractivity contribution in [2.24, 2.45) is 7.05 Å². The second kappa shape index (κ2) is 7.28. The van der Waals surface area contributed by atoms with Gasteiger partial charge in [-0.15, -0.1) is 0 Å². The van der Waals surface area contributed by atoms with Crippen LogP contribution in [0.2, 0.25) is 0 Å². The SMILES string of the molecule is CC(CNC(=O)OC(C)(C)C)NCCc1ccnn1C. The van der Waals surface area contributed by atoms with E-state index in [-0.39, 0.29) is 12.1 Å². The van der Waals surface area contributed by atoms with Crippen molar-refractivity contribution >= 4 is 6.09 Å². The maximum absolute atomic E-state index is 11.5. The molecule has 0 radical (unpaired) electrons. The third kappa shape index (κ3) is 6.56. The molecule has 6 nitrogen and oxygen atoms in total. The number of ether oxygens (including phenoxy) is 1. The van der Waals surface area contributed by atoms with Gasteiger partial charge in [-0.1, -0.05) is 0 Å². The van der Waals surface area contributed by atoms with Gasteiger partial charge in [-0.3, -0.25) is 4.68 Å². The molecule has 114 valence electrons. The van der Waals surface area contributed by atoms with Gasteiger partial charge in [-0.25, -0.2) is 4.79 Å². The van der Waals surface area contributed by atoms with Gasteiger partial charge in [0.15, 0.2) is 0 Å². The topological polar surface area (TPSA) is 68.2 Å². The van der Waals surface area contributed by atoms with Crippen molar-refractivity contribution in [3.63, 3.8) is 0 Å². The molecule has 0 saturated heterocycles. The molecule has 0 aliphatic heterocycles. The van der Waals surface area contributed by atoms with E-state index in [2.05, 4.69) is 15.7 Å². The molecule has 1 unspecified atom stereocenters. The van der Waals surface area contributed by atoms with E-state index >= 15 is 0 Å². The molecule has 0 aromatic carbocycles. The van der Waals surface area contributed by atoms with E-state index in [9.17, 15) is 4.79 Å². The van der Waals surface area contributed by atoms with Crippen LogP contribution in [-0.2, 0) is 18.2 Å². The molecular formula is C14H26N4O2. The Kier molecular flexibility index (Phi) is 6.01. The Bertz CT molecular complexity index is 423. The van der Waals surface area contributed by atoms with Crippen molar-refractivity contribution < 1.29 is 9.53 Å². The van der Waals surface area contributed by atoms with Gasteiger partial charge in [-0.2, -0.15) is 5.10 Å². The average molecular weight is 282 g/mol. The van der Waals surface area contributed by atoms with Crippen LogP contribution in [0.15, 0.2) is 12.3 Å². The van der Waals surface area contributed by atoms with Crippen LogP contribution in [0.4, 0.5) is 4.79 Å². The normalized spacial score (nSPS) is 13.1. The summed E-state index contributed by atoms with van der Waals surface area (Å²) in [7, 11) is 1.93. The largest absolute Gasteiger partial charge is 0.444 e. The van der Waals surface area contributed by atoms with Crippen LogP contribution < -0.4 is 10.6 Å². The molecule has 1 atom stereocenters. The van der Waals surface area contributed by atoms with Crippen molar-refractivity contribution in [3.8, 4) is 0 Å². The van der Waals surface area contributed by atoms with Gasteiger partial charge in [0.1, 0.15) is 5.60 Å². The van der Waals surface area contributed by atoms with E-state index in [0.29, 0.717) is 6.54 Å². The summed E-state index contributed by atoms with van der Waals surface area (Å²) in [5.41, 5.74) is 0.727. The predicted octanol–water partition coefficient (Wildman–Crippen LogP) is 1.47. The highest BCUT2D eigenvalue weighted by Gasteiger charge is 2.16. The lowest BCUT2D eigenvalue weighted by molar-refractivity contribution is 0.0523. The molecule has 1 rings (SSSR count). The molecule has 0 spiro atoms. The summed E-state index contributed by atoms with van der Waals surface area (Å²) < 4.78 is 7.04. The number of amides is 1.